The fraction of sp³-hybridized carbons (Fsp3) is 0.233. The van der Waals surface area contributed by atoms with Gasteiger partial charge in [-0.3, -0.25) is 9.69 Å². The van der Waals surface area contributed by atoms with Crippen molar-refractivity contribution in [1.29, 1.82) is 0 Å². The molecule has 0 spiro atoms. The third-order valence-electron chi connectivity index (χ3n) is 6.79. The van der Waals surface area contributed by atoms with Crippen LogP contribution in [0.25, 0.3) is 0 Å². The molecule has 1 amide bonds. The summed E-state index contributed by atoms with van der Waals surface area (Å²) in [4.78, 5) is 47.2. The van der Waals surface area contributed by atoms with Crippen LogP contribution in [0.15, 0.2) is 96.3 Å². The number of esters is 2. The third-order valence-corrected chi connectivity index (χ3v) is 6.79. The molecule has 0 aliphatic carbocycles. The fourth-order valence-corrected chi connectivity index (χ4v) is 4.90. The molecule has 2 heterocycles. The summed E-state index contributed by atoms with van der Waals surface area (Å²) in [5, 5.41) is 1.49. The van der Waals surface area contributed by atoms with Crippen LogP contribution in [0.1, 0.15) is 5.56 Å². The molecule has 10 nitrogen and oxygen atoms in total. The lowest BCUT2D eigenvalue weighted by atomic mass is 9.85. The molecule has 0 saturated carbocycles. The molecule has 3 aromatic carbocycles. The molecule has 3 atom stereocenters. The van der Waals surface area contributed by atoms with Crippen LogP contribution in [0.2, 0.25) is 0 Å². The van der Waals surface area contributed by atoms with Gasteiger partial charge in [0.25, 0.3) is 5.91 Å². The summed E-state index contributed by atoms with van der Waals surface area (Å²) in [7, 11) is 3.96. The minimum absolute atomic E-state index is 0.0667. The Morgan fingerprint density at radius 1 is 0.800 bits per heavy atom. The lowest BCUT2D eigenvalue weighted by Gasteiger charge is -2.50. The van der Waals surface area contributed by atoms with Gasteiger partial charge in [0.2, 0.25) is 5.76 Å². The van der Waals surface area contributed by atoms with E-state index in [4.69, 9.17) is 23.8 Å². The van der Waals surface area contributed by atoms with Gasteiger partial charge >= 0.3 is 11.9 Å². The van der Waals surface area contributed by atoms with Crippen LogP contribution in [0.3, 0.4) is 0 Å². The van der Waals surface area contributed by atoms with Gasteiger partial charge in [0, 0.05) is 5.69 Å². The Balaban J connectivity index is 1.63. The van der Waals surface area contributed by atoms with Gasteiger partial charge in [0.05, 0.1) is 27.9 Å². The molecule has 2 aliphatic rings. The van der Waals surface area contributed by atoms with Crippen molar-refractivity contribution < 1.29 is 38.2 Å². The molecule has 5 rings (SSSR count). The summed E-state index contributed by atoms with van der Waals surface area (Å²) < 4.78 is 21.5. The molecule has 206 valence electrons. The number of benzene rings is 3. The SMILES string of the molecule is COC(=O)C1=C(C(=O)OC)[C@H]([C@H]2[C@@H](Oc3ccccc3)C(=O)N2c2ccc(OC)cc2)N(Cc2ccccc2)O1. The molecule has 0 unspecified atom stereocenters. The largest absolute Gasteiger partial charge is 0.497 e. The number of carbonyl (C=O) groups excluding carboxylic acids is 3. The van der Waals surface area contributed by atoms with E-state index in [-0.39, 0.29) is 23.8 Å². The number of hydroxylamine groups is 2. The molecule has 0 aromatic heterocycles. The van der Waals surface area contributed by atoms with Gasteiger partial charge in [-0.05, 0) is 42.0 Å². The van der Waals surface area contributed by atoms with Crippen LogP contribution >= 0.6 is 0 Å². The number of ether oxygens (including phenoxy) is 4. The maximum atomic E-state index is 13.7. The Bertz CT molecular complexity index is 1410. The van der Waals surface area contributed by atoms with Crippen molar-refractivity contribution >= 4 is 23.5 Å². The van der Waals surface area contributed by atoms with Crippen LogP contribution in [0.5, 0.6) is 11.5 Å². The van der Waals surface area contributed by atoms with Crippen LogP contribution < -0.4 is 14.4 Å². The van der Waals surface area contributed by atoms with Crippen molar-refractivity contribution in [2.24, 2.45) is 0 Å². The van der Waals surface area contributed by atoms with Crippen LogP contribution in [-0.4, -0.2) is 62.4 Å². The van der Waals surface area contributed by atoms with E-state index in [1.165, 1.54) is 24.2 Å². The summed E-state index contributed by atoms with van der Waals surface area (Å²) in [6.07, 6.45) is -1.01. The molecule has 1 saturated heterocycles. The Labute approximate surface area is 231 Å². The van der Waals surface area contributed by atoms with E-state index in [1.807, 2.05) is 36.4 Å². The Kier molecular flexibility index (Phi) is 7.70. The summed E-state index contributed by atoms with van der Waals surface area (Å²) in [6.45, 7) is 0.186. The highest BCUT2D eigenvalue weighted by Gasteiger charge is 2.60. The number of hydrogen-bond acceptors (Lipinski definition) is 9. The highest BCUT2D eigenvalue weighted by molar-refractivity contribution is 6.07. The summed E-state index contributed by atoms with van der Waals surface area (Å²) in [6, 6.07) is 23.5. The predicted octanol–water partition coefficient (Wildman–Crippen LogP) is 3.27. The predicted molar refractivity (Wildman–Crippen MR) is 143 cm³/mol. The average Bonchev–Trinajstić information content (AvgIpc) is 3.36. The highest BCUT2D eigenvalue weighted by atomic mass is 16.7. The van der Waals surface area contributed by atoms with Gasteiger partial charge in [0.1, 0.15) is 29.2 Å². The number of anilines is 1. The molecule has 2 aliphatic heterocycles. The summed E-state index contributed by atoms with van der Waals surface area (Å²) in [5.74, 6) is -1.16. The molecule has 3 aromatic rings. The molecule has 10 heteroatoms. The number of para-hydroxylation sites is 1. The Morgan fingerprint density at radius 3 is 2.02 bits per heavy atom. The number of methoxy groups -OCH3 is 3. The molecule has 40 heavy (non-hydrogen) atoms. The number of nitrogens with zero attached hydrogens (tertiary/aromatic N) is 2. The van der Waals surface area contributed by atoms with Gasteiger partial charge in [-0.1, -0.05) is 48.5 Å². The van der Waals surface area contributed by atoms with Crippen LogP contribution in [-0.2, 0) is 35.2 Å². The van der Waals surface area contributed by atoms with E-state index in [1.54, 1.807) is 55.6 Å². The number of carbonyl (C=O) groups is 3. The van der Waals surface area contributed by atoms with Gasteiger partial charge in [-0.15, -0.1) is 5.06 Å². The molecule has 0 radical (unpaired) electrons. The van der Waals surface area contributed by atoms with E-state index < -0.39 is 30.1 Å². The van der Waals surface area contributed by atoms with Gasteiger partial charge < -0.3 is 23.8 Å². The van der Waals surface area contributed by atoms with Crippen molar-refractivity contribution in [2.75, 3.05) is 26.2 Å². The number of rotatable bonds is 9. The van der Waals surface area contributed by atoms with Crippen LogP contribution in [0, 0.1) is 0 Å². The molecule has 0 N–H and O–H groups in total. The van der Waals surface area contributed by atoms with Gasteiger partial charge in [-0.25, -0.2) is 9.59 Å². The van der Waals surface area contributed by atoms with E-state index in [2.05, 4.69) is 0 Å². The maximum Gasteiger partial charge on any atom is 0.376 e. The minimum Gasteiger partial charge on any atom is -0.497 e. The van der Waals surface area contributed by atoms with E-state index in [9.17, 15) is 14.4 Å². The zero-order valence-electron chi connectivity index (χ0n) is 22.2. The third kappa shape index (κ3) is 4.96. The minimum atomic E-state index is -1.01. The standard InChI is InChI=1S/C30H28N2O8/c1-36-21-16-14-20(15-17-21)32-25(27(28(32)33)39-22-12-8-5-9-13-22)24-23(29(34)37-2)26(30(35)38-3)40-31(24)18-19-10-6-4-7-11-19/h4-17,24-25,27H,18H2,1-3H3/t24-,25+,27-/m1/s1. The summed E-state index contributed by atoms with van der Waals surface area (Å²) in [5.41, 5.74) is 1.34. The van der Waals surface area contributed by atoms with Gasteiger partial charge in [0.15, 0.2) is 6.10 Å². The number of hydrogen-bond donors (Lipinski definition) is 0. The first-order valence-electron chi connectivity index (χ1n) is 12.5. The summed E-state index contributed by atoms with van der Waals surface area (Å²) >= 11 is 0. The second-order valence-corrected chi connectivity index (χ2v) is 9.07. The zero-order chi connectivity index (χ0) is 28.2. The Morgan fingerprint density at radius 2 is 1.43 bits per heavy atom. The lowest BCUT2D eigenvalue weighted by Crippen LogP contribution is -2.73. The monoisotopic (exact) mass is 544 g/mol. The van der Waals surface area contributed by atoms with Crippen LogP contribution in [0.4, 0.5) is 5.69 Å². The first-order chi connectivity index (χ1) is 19.5. The second kappa shape index (κ2) is 11.5. The molecular formula is C30H28N2O8. The topological polar surface area (TPSA) is 104 Å². The van der Waals surface area contributed by atoms with Crippen molar-refractivity contribution in [2.45, 2.75) is 24.7 Å². The molecule has 0 bridgehead atoms. The van der Waals surface area contributed by atoms with Crippen molar-refractivity contribution in [3.8, 4) is 11.5 Å². The van der Waals surface area contributed by atoms with E-state index in [0.717, 1.165) is 5.56 Å². The van der Waals surface area contributed by atoms with Crippen molar-refractivity contribution in [1.82, 2.24) is 5.06 Å². The van der Waals surface area contributed by atoms with E-state index >= 15 is 0 Å². The van der Waals surface area contributed by atoms with Crippen molar-refractivity contribution in [3.63, 3.8) is 0 Å². The zero-order valence-corrected chi connectivity index (χ0v) is 22.2. The average molecular weight is 545 g/mol. The molecular weight excluding hydrogens is 516 g/mol. The fourth-order valence-electron chi connectivity index (χ4n) is 4.90. The van der Waals surface area contributed by atoms with E-state index in [0.29, 0.717) is 17.2 Å². The first kappa shape index (κ1) is 26.8. The quantitative estimate of drug-likeness (QED) is 0.297. The highest BCUT2D eigenvalue weighted by Crippen LogP contribution is 2.42. The first-order valence-corrected chi connectivity index (χ1v) is 12.5. The maximum absolute atomic E-state index is 13.7. The lowest BCUT2D eigenvalue weighted by molar-refractivity contribution is -0.169. The second-order valence-electron chi connectivity index (χ2n) is 9.07. The van der Waals surface area contributed by atoms with Gasteiger partial charge in [-0.2, -0.15) is 0 Å². The van der Waals surface area contributed by atoms with Crippen molar-refractivity contribution in [3.05, 3.63) is 102 Å². The smallest absolute Gasteiger partial charge is 0.376 e. The number of β-lactam (4-membered cyclic amide) rings is 1. The molecule has 1 fully saturated rings. The Hall–Kier alpha value is -4.83. The number of amides is 1. The normalized spacial score (nSPS) is 20.4.